The van der Waals surface area contributed by atoms with E-state index >= 15 is 0 Å². The van der Waals surface area contributed by atoms with Crippen LogP contribution in [0.4, 0.5) is 5.82 Å². The van der Waals surface area contributed by atoms with Gasteiger partial charge in [-0.15, -0.1) is 0 Å². The Balaban J connectivity index is 2.17. The summed E-state index contributed by atoms with van der Waals surface area (Å²) in [6.45, 7) is 3.71. The smallest absolute Gasteiger partial charge is 0.275 e. The number of carbonyl (C=O) groups excluding carboxylic acids is 1. The number of nitrogens with one attached hydrogen (secondary N) is 2. The third kappa shape index (κ3) is 1.95. The standard InChI is InChI=1S/C10H13N5O/c1-6-5-9(13-12-6)11-10(16)8-4-7(2)14-15(8)3/h4-5H,1-3H3,(H2,11,12,13,16). The third-order valence-corrected chi connectivity index (χ3v) is 2.18. The molecule has 6 heteroatoms. The zero-order valence-corrected chi connectivity index (χ0v) is 9.40. The molecule has 16 heavy (non-hydrogen) atoms. The predicted molar refractivity (Wildman–Crippen MR) is 59.2 cm³/mol. The molecular weight excluding hydrogens is 206 g/mol. The number of nitrogens with zero attached hydrogens (tertiary/aromatic N) is 3. The van der Waals surface area contributed by atoms with Gasteiger partial charge in [0.2, 0.25) is 0 Å². The number of hydrogen-bond acceptors (Lipinski definition) is 3. The molecule has 0 unspecified atom stereocenters. The van der Waals surface area contributed by atoms with Crippen molar-refractivity contribution in [1.82, 2.24) is 20.0 Å². The van der Waals surface area contributed by atoms with Gasteiger partial charge in [-0.05, 0) is 19.9 Å². The van der Waals surface area contributed by atoms with E-state index in [9.17, 15) is 4.79 Å². The minimum atomic E-state index is -0.213. The van der Waals surface area contributed by atoms with Gasteiger partial charge in [-0.1, -0.05) is 0 Å². The van der Waals surface area contributed by atoms with Gasteiger partial charge in [-0.2, -0.15) is 10.2 Å². The zero-order chi connectivity index (χ0) is 11.7. The van der Waals surface area contributed by atoms with Crippen molar-refractivity contribution >= 4 is 11.7 Å². The second-order valence-corrected chi connectivity index (χ2v) is 3.68. The number of amides is 1. The Morgan fingerprint density at radius 2 is 2.19 bits per heavy atom. The van der Waals surface area contributed by atoms with E-state index in [0.717, 1.165) is 11.4 Å². The number of carbonyl (C=O) groups is 1. The molecule has 6 nitrogen and oxygen atoms in total. The molecule has 0 aliphatic heterocycles. The van der Waals surface area contributed by atoms with Crippen LogP contribution in [0.3, 0.4) is 0 Å². The van der Waals surface area contributed by atoms with Crippen molar-refractivity contribution in [2.24, 2.45) is 7.05 Å². The number of rotatable bonds is 2. The van der Waals surface area contributed by atoms with Crippen LogP contribution < -0.4 is 5.32 Å². The Morgan fingerprint density at radius 3 is 2.69 bits per heavy atom. The van der Waals surface area contributed by atoms with Gasteiger partial charge >= 0.3 is 0 Å². The van der Waals surface area contributed by atoms with Crippen LogP contribution in [0.1, 0.15) is 21.9 Å². The maximum absolute atomic E-state index is 11.8. The fourth-order valence-corrected chi connectivity index (χ4v) is 1.49. The topological polar surface area (TPSA) is 75.6 Å². The summed E-state index contributed by atoms with van der Waals surface area (Å²) in [7, 11) is 1.73. The van der Waals surface area contributed by atoms with Gasteiger partial charge in [-0.3, -0.25) is 14.6 Å². The molecule has 0 aliphatic rings. The quantitative estimate of drug-likeness (QED) is 0.791. The summed E-state index contributed by atoms with van der Waals surface area (Å²) in [5.74, 6) is 0.302. The van der Waals surface area contributed by atoms with Crippen molar-refractivity contribution in [3.8, 4) is 0 Å². The molecule has 0 saturated carbocycles. The molecule has 2 aromatic rings. The lowest BCUT2D eigenvalue weighted by Gasteiger charge is -2.00. The van der Waals surface area contributed by atoms with E-state index in [4.69, 9.17) is 0 Å². The van der Waals surface area contributed by atoms with Gasteiger partial charge in [0.1, 0.15) is 5.69 Å². The maximum atomic E-state index is 11.8. The molecular formula is C10H13N5O. The van der Waals surface area contributed by atoms with Crippen molar-refractivity contribution in [2.75, 3.05) is 5.32 Å². The normalized spacial score (nSPS) is 10.4. The number of H-pyrrole nitrogens is 1. The fraction of sp³-hybridized carbons (Fsp3) is 0.300. The zero-order valence-electron chi connectivity index (χ0n) is 9.40. The molecule has 2 aromatic heterocycles. The van der Waals surface area contributed by atoms with Crippen molar-refractivity contribution in [1.29, 1.82) is 0 Å². The molecule has 2 rings (SSSR count). The SMILES string of the molecule is Cc1cc(C(=O)Nc2cc(C)[nH]n2)n(C)n1. The Bertz CT molecular complexity index is 525. The average Bonchev–Trinajstić information content (AvgIpc) is 2.73. The number of aryl methyl sites for hydroxylation is 3. The van der Waals surface area contributed by atoms with E-state index in [0.29, 0.717) is 11.5 Å². The van der Waals surface area contributed by atoms with Crippen LogP contribution in [0.25, 0.3) is 0 Å². The monoisotopic (exact) mass is 219 g/mol. The average molecular weight is 219 g/mol. The fourth-order valence-electron chi connectivity index (χ4n) is 1.49. The van der Waals surface area contributed by atoms with Gasteiger partial charge in [-0.25, -0.2) is 0 Å². The summed E-state index contributed by atoms with van der Waals surface area (Å²) < 4.78 is 1.55. The highest BCUT2D eigenvalue weighted by molar-refractivity contribution is 6.02. The molecule has 0 atom stereocenters. The van der Waals surface area contributed by atoms with E-state index in [1.807, 2.05) is 13.8 Å². The lowest BCUT2D eigenvalue weighted by Crippen LogP contribution is -2.16. The minimum absolute atomic E-state index is 0.213. The molecule has 0 saturated heterocycles. The maximum Gasteiger partial charge on any atom is 0.275 e. The van der Waals surface area contributed by atoms with Crippen LogP contribution >= 0.6 is 0 Å². The van der Waals surface area contributed by atoms with Crippen LogP contribution in [-0.2, 0) is 7.05 Å². The Morgan fingerprint density at radius 1 is 1.44 bits per heavy atom. The highest BCUT2D eigenvalue weighted by Gasteiger charge is 2.12. The molecule has 0 aliphatic carbocycles. The van der Waals surface area contributed by atoms with Crippen molar-refractivity contribution in [3.63, 3.8) is 0 Å². The summed E-state index contributed by atoms with van der Waals surface area (Å²) in [4.78, 5) is 11.8. The van der Waals surface area contributed by atoms with Crippen molar-refractivity contribution in [3.05, 3.63) is 29.2 Å². The van der Waals surface area contributed by atoms with E-state index in [-0.39, 0.29) is 5.91 Å². The van der Waals surface area contributed by atoms with E-state index in [1.54, 1.807) is 23.9 Å². The van der Waals surface area contributed by atoms with Crippen LogP contribution in [0, 0.1) is 13.8 Å². The third-order valence-electron chi connectivity index (χ3n) is 2.18. The first-order chi connectivity index (χ1) is 7.56. The number of aromatic amines is 1. The second-order valence-electron chi connectivity index (χ2n) is 3.68. The first kappa shape index (κ1) is 10.4. The van der Waals surface area contributed by atoms with Crippen molar-refractivity contribution < 1.29 is 4.79 Å². The highest BCUT2D eigenvalue weighted by Crippen LogP contribution is 2.08. The summed E-state index contributed by atoms with van der Waals surface area (Å²) in [5, 5.41) is 13.5. The summed E-state index contributed by atoms with van der Waals surface area (Å²) in [6.07, 6.45) is 0. The minimum Gasteiger partial charge on any atom is -0.304 e. The molecule has 0 radical (unpaired) electrons. The Hall–Kier alpha value is -2.11. The van der Waals surface area contributed by atoms with Crippen LogP contribution in [0.15, 0.2) is 12.1 Å². The molecule has 2 heterocycles. The van der Waals surface area contributed by atoms with Gasteiger partial charge < -0.3 is 5.32 Å². The van der Waals surface area contributed by atoms with Gasteiger partial charge in [0.15, 0.2) is 5.82 Å². The first-order valence-corrected chi connectivity index (χ1v) is 4.90. The Labute approximate surface area is 92.7 Å². The molecule has 1 amide bonds. The summed E-state index contributed by atoms with van der Waals surface area (Å²) in [5.41, 5.74) is 2.22. The van der Waals surface area contributed by atoms with Gasteiger partial charge in [0.25, 0.3) is 5.91 Å². The molecule has 2 N–H and O–H groups in total. The second kappa shape index (κ2) is 3.80. The molecule has 0 spiro atoms. The summed E-state index contributed by atoms with van der Waals surface area (Å²) in [6, 6.07) is 3.50. The van der Waals surface area contributed by atoms with Gasteiger partial charge in [0.05, 0.1) is 5.69 Å². The summed E-state index contributed by atoms with van der Waals surface area (Å²) >= 11 is 0. The lowest BCUT2D eigenvalue weighted by molar-refractivity contribution is 0.101. The Kier molecular flexibility index (Phi) is 2.47. The molecule has 0 aromatic carbocycles. The highest BCUT2D eigenvalue weighted by atomic mass is 16.2. The number of aromatic nitrogens is 4. The molecule has 84 valence electrons. The van der Waals surface area contributed by atoms with E-state index in [2.05, 4.69) is 20.6 Å². The largest absolute Gasteiger partial charge is 0.304 e. The number of hydrogen-bond donors (Lipinski definition) is 2. The first-order valence-electron chi connectivity index (χ1n) is 4.90. The van der Waals surface area contributed by atoms with E-state index in [1.165, 1.54) is 0 Å². The molecule has 0 fully saturated rings. The molecule has 0 bridgehead atoms. The van der Waals surface area contributed by atoms with Crippen LogP contribution in [0.2, 0.25) is 0 Å². The predicted octanol–water partition coefficient (Wildman–Crippen LogP) is 1.01. The van der Waals surface area contributed by atoms with Crippen molar-refractivity contribution in [2.45, 2.75) is 13.8 Å². The van der Waals surface area contributed by atoms with Gasteiger partial charge in [0, 0.05) is 18.8 Å². The van der Waals surface area contributed by atoms with Crippen LogP contribution in [0.5, 0.6) is 0 Å². The van der Waals surface area contributed by atoms with E-state index < -0.39 is 0 Å². The van der Waals surface area contributed by atoms with Crippen LogP contribution in [-0.4, -0.2) is 25.9 Å². The number of anilines is 1. The lowest BCUT2D eigenvalue weighted by atomic mass is 10.3.